The largest absolute Gasteiger partial charge is 0.484 e. The fourth-order valence-electron chi connectivity index (χ4n) is 3.12. The quantitative estimate of drug-likeness (QED) is 0.387. The Kier molecular flexibility index (Phi) is 5.66. The number of rotatable bonds is 5. The Hall–Kier alpha value is -3.02. The number of nitrogens with one attached hydrogen (secondary N) is 1. The number of fused-ring (bicyclic) bond motifs is 1. The zero-order chi connectivity index (χ0) is 21.3. The molecule has 0 bridgehead atoms. The highest BCUT2D eigenvalue weighted by atomic mass is 35.5. The second-order valence-electron chi connectivity index (χ2n) is 6.99. The number of hydrogen-bond acceptors (Lipinski definition) is 4. The van der Waals surface area contributed by atoms with E-state index in [1.54, 1.807) is 36.4 Å². The van der Waals surface area contributed by atoms with Gasteiger partial charge in [-0.2, -0.15) is 0 Å². The van der Waals surface area contributed by atoms with E-state index in [-0.39, 0.29) is 12.5 Å². The summed E-state index contributed by atoms with van der Waals surface area (Å²) in [6.45, 7) is 3.88. The normalized spacial score (nSPS) is 10.9. The number of oxazole rings is 1. The minimum absolute atomic E-state index is 0.0890. The van der Waals surface area contributed by atoms with Crippen molar-refractivity contribution in [2.45, 2.75) is 13.8 Å². The summed E-state index contributed by atoms with van der Waals surface area (Å²) in [5.41, 5.74) is 4.70. The summed E-state index contributed by atoms with van der Waals surface area (Å²) in [5.74, 6) is 0.827. The zero-order valence-corrected chi connectivity index (χ0v) is 17.8. The maximum Gasteiger partial charge on any atom is 0.262 e. The molecule has 0 spiro atoms. The number of benzene rings is 3. The van der Waals surface area contributed by atoms with Crippen LogP contribution in [-0.2, 0) is 4.79 Å². The second kappa shape index (κ2) is 8.38. The molecule has 1 N–H and O–H groups in total. The summed E-state index contributed by atoms with van der Waals surface area (Å²) in [6.07, 6.45) is 0. The number of carbonyl (C=O) groups excluding carboxylic acids is 1. The first-order valence-corrected chi connectivity index (χ1v) is 10.00. The van der Waals surface area contributed by atoms with Crippen LogP contribution in [0.5, 0.6) is 5.75 Å². The number of carbonyl (C=O) groups is 1. The van der Waals surface area contributed by atoms with Gasteiger partial charge < -0.3 is 14.5 Å². The fourth-order valence-corrected chi connectivity index (χ4v) is 3.42. The first kappa shape index (κ1) is 20.3. The molecule has 1 heterocycles. The van der Waals surface area contributed by atoms with Crippen molar-refractivity contribution in [2.24, 2.45) is 0 Å². The molecule has 0 aliphatic carbocycles. The minimum Gasteiger partial charge on any atom is -0.484 e. The van der Waals surface area contributed by atoms with Crippen LogP contribution in [0.25, 0.3) is 22.6 Å². The molecule has 0 aliphatic heterocycles. The molecule has 1 amide bonds. The van der Waals surface area contributed by atoms with Crippen molar-refractivity contribution in [2.75, 3.05) is 11.9 Å². The van der Waals surface area contributed by atoms with Crippen LogP contribution in [0.3, 0.4) is 0 Å². The molecule has 7 heteroatoms. The highest BCUT2D eigenvalue weighted by molar-refractivity contribution is 6.42. The van der Waals surface area contributed by atoms with E-state index in [4.69, 9.17) is 32.4 Å². The summed E-state index contributed by atoms with van der Waals surface area (Å²) < 4.78 is 11.4. The zero-order valence-electron chi connectivity index (χ0n) is 16.3. The molecule has 4 aromatic rings. The van der Waals surface area contributed by atoms with Crippen molar-refractivity contribution in [3.8, 4) is 17.2 Å². The van der Waals surface area contributed by atoms with E-state index in [2.05, 4.69) is 10.3 Å². The Morgan fingerprint density at radius 1 is 1.00 bits per heavy atom. The predicted molar refractivity (Wildman–Crippen MR) is 120 cm³/mol. The third kappa shape index (κ3) is 4.58. The number of nitrogens with zero attached hydrogens (tertiary/aromatic N) is 1. The lowest BCUT2D eigenvalue weighted by Gasteiger charge is -2.09. The van der Waals surface area contributed by atoms with Gasteiger partial charge in [0.15, 0.2) is 12.2 Å². The summed E-state index contributed by atoms with van der Waals surface area (Å²) in [6, 6.07) is 16.3. The van der Waals surface area contributed by atoms with Crippen LogP contribution in [0, 0.1) is 13.8 Å². The molecule has 0 unspecified atom stereocenters. The maximum absolute atomic E-state index is 12.3. The second-order valence-corrected chi connectivity index (χ2v) is 7.81. The summed E-state index contributed by atoms with van der Waals surface area (Å²) >= 11 is 12.0. The lowest BCUT2D eigenvalue weighted by molar-refractivity contribution is -0.118. The van der Waals surface area contributed by atoms with Crippen LogP contribution in [0.1, 0.15) is 11.1 Å². The van der Waals surface area contributed by atoms with Gasteiger partial charge in [-0.05, 0) is 73.5 Å². The molecule has 4 rings (SSSR count). The minimum atomic E-state index is -0.262. The summed E-state index contributed by atoms with van der Waals surface area (Å²) in [4.78, 5) is 16.8. The van der Waals surface area contributed by atoms with Crippen molar-refractivity contribution >= 4 is 45.9 Å². The van der Waals surface area contributed by atoms with Gasteiger partial charge in [0.05, 0.1) is 10.0 Å². The lowest BCUT2D eigenvalue weighted by atomic mass is 10.1. The topological polar surface area (TPSA) is 64.4 Å². The Bertz CT molecular complexity index is 1230. The van der Waals surface area contributed by atoms with Gasteiger partial charge in [-0.25, -0.2) is 4.98 Å². The first-order chi connectivity index (χ1) is 14.4. The van der Waals surface area contributed by atoms with Gasteiger partial charge in [0.25, 0.3) is 5.91 Å². The van der Waals surface area contributed by atoms with Crippen LogP contribution in [0.2, 0.25) is 10.0 Å². The van der Waals surface area contributed by atoms with E-state index in [1.807, 2.05) is 32.0 Å². The van der Waals surface area contributed by atoms with E-state index in [0.29, 0.717) is 44.0 Å². The maximum atomic E-state index is 12.3. The Labute approximate surface area is 183 Å². The molecule has 0 fully saturated rings. The van der Waals surface area contributed by atoms with Crippen molar-refractivity contribution in [1.29, 1.82) is 0 Å². The third-order valence-electron chi connectivity index (χ3n) is 4.40. The number of ether oxygens (including phenoxy) is 1. The van der Waals surface area contributed by atoms with Gasteiger partial charge in [-0.1, -0.05) is 29.3 Å². The molecular weight excluding hydrogens is 423 g/mol. The number of halogens is 2. The van der Waals surface area contributed by atoms with Crippen LogP contribution in [0.15, 0.2) is 59.0 Å². The van der Waals surface area contributed by atoms with E-state index in [0.717, 1.165) is 11.1 Å². The van der Waals surface area contributed by atoms with E-state index < -0.39 is 0 Å². The molecular formula is C23H18Cl2N2O3. The van der Waals surface area contributed by atoms with Gasteiger partial charge in [0.1, 0.15) is 11.3 Å². The predicted octanol–water partition coefficient (Wildman–Crippen LogP) is 6.44. The van der Waals surface area contributed by atoms with Crippen molar-refractivity contribution in [1.82, 2.24) is 4.98 Å². The van der Waals surface area contributed by atoms with Gasteiger partial charge in [0, 0.05) is 11.3 Å². The average Bonchev–Trinajstić information content (AvgIpc) is 3.11. The first-order valence-electron chi connectivity index (χ1n) is 9.24. The molecule has 1 aromatic heterocycles. The molecule has 0 atom stereocenters. The van der Waals surface area contributed by atoms with Gasteiger partial charge >= 0.3 is 0 Å². The van der Waals surface area contributed by atoms with Crippen LogP contribution >= 0.6 is 23.2 Å². The Balaban J connectivity index is 1.46. The van der Waals surface area contributed by atoms with Crippen LogP contribution in [0.4, 0.5) is 5.69 Å². The number of hydrogen-bond donors (Lipinski definition) is 1. The number of aryl methyl sites for hydroxylation is 2. The summed E-state index contributed by atoms with van der Waals surface area (Å²) in [5, 5.41) is 3.70. The smallest absolute Gasteiger partial charge is 0.262 e. The molecule has 152 valence electrons. The average molecular weight is 441 g/mol. The Morgan fingerprint density at radius 2 is 1.77 bits per heavy atom. The van der Waals surface area contributed by atoms with Gasteiger partial charge in [0.2, 0.25) is 5.89 Å². The van der Waals surface area contributed by atoms with E-state index >= 15 is 0 Å². The SMILES string of the molecule is Cc1cc(C)cc(OCC(=O)Nc2ccc3oc(-c4ccc(Cl)c(Cl)c4)nc3c2)c1. The number of aromatic nitrogens is 1. The van der Waals surface area contributed by atoms with Crippen molar-refractivity contribution in [3.63, 3.8) is 0 Å². The Morgan fingerprint density at radius 3 is 2.50 bits per heavy atom. The molecule has 0 saturated heterocycles. The van der Waals surface area contributed by atoms with Gasteiger partial charge in [-0.15, -0.1) is 0 Å². The lowest BCUT2D eigenvalue weighted by Crippen LogP contribution is -2.20. The van der Waals surface area contributed by atoms with Crippen LogP contribution in [-0.4, -0.2) is 17.5 Å². The highest BCUT2D eigenvalue weighted by Gasteiger charge is 2.12. The molecule has 3 aromatic carbocycles. The number of anilines is 1. The molecule has 0 saturated carbocycles. The molecule has 30 heavy (non-hydrogen) atoms. The molecule has 5 nitrogen and oxygen atoms in total. The van der Waals surface area contributed by atoms with Gasteiger partial charge in [-0.3, -0.25) is 4.79 Å². The fraction of sp³-hybridized carbons (Fsp3) is 0.130. The molecule has 0 aliphatic rings. The third-order valence-corrected chi connectivity index (χ3v) is 5.14. The van der Waals surface area contributed by atoms with E-state index in [1.165, 1.54) is 0 Å². The van der Waals surface area contributed by atoms with E-state index in [9.17, 15) is 4.79 Å². The molecule has 0 radical (unpaired) electrons. The number of amides is 1. The van der Waals surface area contributed by atoms with Crippen LogP contribution < -0.4 is 10.1 Å². The van der Waals surface area contributed by atoms with Crippen molar-refractivity contribution in [3.05, 3.63) is 75.8 Å². The standard InChI is InChI=1S/C23H18Cl2N2O3/c1-13-7-14(2)9-17(8-13)29-12-22(28)26-16-4-6-21-20(11-16)27-23(30-21)15-3-5-18(24)19(25)10-15/h3-11H,12H2,1-2H3,(H,26,28). The monoisotopic (exact) mass is 440 g/mol. The summed E-state index contributed by atoms with van der Waals surface area (Å²) in [7, 11) is 0. The highest BCUT2D eigenvalue weighted by Crippen LogP contribution is 2.30. The van der Waals surface area contributed by atoms with Crippen molar-refractivity contribution < 1.29 is 13.9 Å².